The molecule has 3 N–H and O–H groups in total. The topological polar surface area (TPSA) is 149 Å². The van der Waals surface area contributed by atoms with E-state index in [1.165, 1.54) is 11.8 Å². The van der Waals surface area contributed by atoms with Crippen molar-refractivity contribution in [2.24, 2.45) is 13.0 Å². The molecule has 1 amide bonds. The second kappa shape index (κ2) is 13.0. The van der Waals surface area contributed by atoms with Crippen molar-refractivity contribution in [3.05, 3.63) is 65.2 Å². The lowest BCUT2D eigenvalue weighted by Gasteiger charge is -2.41. The summed E-state index contributed by atoms with van der Waals surface area (Å²) < 4.78 is 14.5. The van der Waals surface area contributed by atoms with Crippen LogP contribution in [0.2, 0.25) is 0 Å². The summed E-state index contributed by atoms with van der Waals surface area (Å²) in [6.07, 6.45) is -0.844. The lowest BCUT2D eigenvalue weighted by molar-refractivity contribution is -0.268. The second-order valence-corrected chi connectivity index (χ2v) is 10.1. The number of carbonyl (C=O) groups is 2. The third kappa shape index (κ3) is 7.16. The highest BCUT2D eigenvalue weighted by molar-refractivity contribution is 7.99. The van der Waals surface area contributed by atoms with Gasteiger partial charge in [0.15, 0.2) is 6.29 Å². The number of nitrogens with one attached hydrogen (secondary N) is 1. The Bertz CT molecular complexity index is 1240. The van der Waals surface area contributed by atoms with E-state index in [4.69, 9.17) is 14.6 Å². The summed E-state index contributed by atoms with van der Waals surface area (Å²) in [4.78, 5) is 23.0. The van der Waals surface area contributed by atoms with Crippen molar-refractivity contribution < 1.29 is 29.3 Å². The summed E-state index contributed by atoms with van der Waals surface area (Å²) in [5.41, 5.74) is 3.11. The predicted molar refractivity (Wildman–Crippen MR) is 139 cm³/mol. The van der Waals surface area contributed by atoms with Gasteiger partial charge >= 0.3 is 5.97 Å². The lowest BCUT2D eigenvalue weighted by Crippen LogP contribution is -2.38. The molecule has 1 aliphatic heterocycles. The molecule has 4 unspecified atom stereocenters. The molecule has 4 atom stereocenters. The quantitative estimate of drug-likeness (QED) is 0.308. The maximum atomic E-state index is 12.3. The van der Waals surface area contributed by atoms with E-state index < -0.39 is 12.3 Å². The molecule has 2 aromatic carbocycles. The maximum absolute atomic E-state index is 12.3. The van der Waals surface area contributed by atoms with E-state index in [1.54, 1.807) is 23.9 Å². The van der Waals surface area contributed by atoms with E-state index in [1.807, 2.05) is 36.4 Å². The number of rotatable bonds is 11. The SMILES string of the molecule is CC1C(CSc2nnnn2C)OC(c2cccc(NC(=O)CCCC(=O)O)c2)OC1c1ccc(CO)cc1. The Labute approximate surface area is 224 Å². The molecule has 38 heavy (non-hydrogen) atoms. The van der Waals surface area contributed by atoms with Gasteiger partial charge in [0.25, 0.3) is 0 Å². The molecular formula is C26H31N5O6S. The number of aliphatic hydroxyl groups excluding tert-OH is 1. The van der Waals surface area contributed by atoms with E-state index in [-0.39, 0.29) is 49.9 Å². The molecule has 4 rings (SSSR count). The number of carboxylic acid groups (broad SMARTS) is 1. The Morgan fingerprint density at radius 2 is 1.89 bits per heavy atom. The number of thioether (sulfide) groups is 1. The van der Waals surface area contributed by atoms with Gasteiger partial charge in [0, 0.05) is 42.8 Å². The summed E-state index contributed by atoms with van der Waals surface area (Å²) in [6, 6.07) is 14.9. The molecule has 1 aliphatic rings. The Balaban J connectivity index is 1.52. The van der Waals surface area contributed by atoms with Crippen LogP contribution in [0.1, 0.15) is 55.3 Å². The van der Waals surface area contributed by atoms with Gasteiger partial charge in [-0.1, -0.05) is 55.1 Å². The number of anilines is 1. The zero-order valence-electron chi connectivity index (χ0n) is 21.2. The third-order valence-electron chi connectivity index (χ3n) is 6.32. The van der Waals surface area contributed by atoms with E-state index >= 15 is 0 Å². The summed E-state index contributed by atoms with van der Waals surface area (Å²) in [7, 11) is 1.78. The van der Waals surface area contributed by atoms with Gasteiger partial charge in [0.2, 0.25) is 11.1 Å². The van der Waals surface area contributed by atoms with E-state index in [0.717, 1.165) is 16.7 Å². The van der Waals surface area contributed by atoms with Gasteiger partial charge in [0.1, 0.15) is 0 Å². The monoisotopic (exact) mass is 541 g/mol. The van der Waals surface area contributed by atoms with Gasteiger partial charge < -0.3 is 25.0 Å². The Kier molecular flexibility index (Phi) is 9.45. The summed E-state index contributed by atoms with van der Waals surface area (Å²) in [5.74, 6) is -0.585. The number of hydrogen-bond donors (Lipinski definition) is 3. The third-order valence-corrected chi connectivity index (χ3v) is 7.42. The number of ether oxygens (including phenoxy) is 2. The van der Waals surface area contributed by atoms with Gasteiger partial charge in [-0.15, -0.1) is 5.10 Å². The minimum Gasteiger partial charge on any atom is -0.481 e. The molecule has 0 radical (unpaired) electrons. The molecule has 12 heteroatoms. The number of nitrogens with zero attached hydrogens (tertiary/aromatic N) is 4. The van der Waals surface area contributed by atoms with Gasteiger partial charge in [0.05, 0.1) is 18.8 Å². The Hall–Kier alpha value is -3.32. The molecule has 3 aromatic rings. The average Bonchev–Trinajstić information content (AvgIpc) is 3.32. The van der Waals surface area contributed by atoms with Crippen LogP contribution in [0.3, 0.4) is 0 Å². The number of carboxylic acids is 1. The van der Waals surface area contributed by atoms with Crippen LogP contribution in [0, 0.1) is 5.92 Å². The molecule has 1 saturated heterocycles. The number of carbonyl (C=O) groups excluding carboxylic acids is 1. The highest BCUT2D eigenvalue weighted by Gasteiger charge is 2.38. The first-order valence-corrected chi connectivity index (χ1v) is 13.3. The van der Waals surface area contributed by atoms with Crippen molar-refractivity contribution in [3.8, 4) is 0 Å². The van der Waals surface area contributed by atoms with Gasteiger partial charge in [-0.05, 0) is 40.1 Å². The minimum atomic E-state index is -0.927. The van der Waals surface area contributed by atoms with Crippen molar-refractivity contribution in [3.63, 3.8) is 0 Å². The summed E-state index contributed by atoms with van der Waals surface area (Å²) in [6.45, 7) is 2.04. The van der Waals surface area contributed by atoms with Gasteiger partial charge in [-0.2, -0.15) is 0 Å². The number of aromatic nitrogens is 4. The van der Waals surface area contributed by atoms with Gasteiger partial charge in [-0.3, -0.25) is 9.59 Å². The van der Waals surface area contributed by atoms with E-state index in [2.05, 4.69) is 27.8 Å². The van der Waals surface area contributed by atoms with Crippen LogP contribution in [0.4, 0.5) is 5.69 Å². The molecule has 0 aliphatic carbocycles. The number of benzene rings is 2. The number of amides is 1. The largest absolute Gasteiger partial charge is 0.481 e. The Morgan fingerprint density at radius 1 is 1.11 bits per heavy atom. The highest BCUT2D eigenvalue weighted by Crippen LogP contribution is 2.43. The molecule has 0 bridgehead atoms. The fourth-order valence-electron chi connectivity index (χ4n) is 4.20. The summed E-state index contributed by atoms with van der Waals surface area (Å²) in [5, 5.41) is 33.4. The van der Waals surface area contributed by atoms with Crippen molar-refractivity contribution in [1.29, 1.82) is 0 Å². The van der Waals surface area contributed by atoms with Crippen LogP contribution in [-0.2, 0) is 32.7 Å². The first-order valence-electron chi connectivity index (χ1n) is 12.3. The van der Waals surface area contributed by atoms with Crippen LogP contribution in [0.5, 0.6) is 0 Å². The molecule has 11 nitrogen and oxygen atoms in total. The molecule has 0 spiro atoms. The van der Waals surface area contributed by atoms with E-state index in [0.29, 0.717) is 16.6 Å². The highest BCUT2D eigenvalue weighted by atomic mass is 32.2. The number of aliphatic carboxylic acids is 1. The van der Waals surface area contributed by atoms with E-state index in [9.17, 15) is 14.7 Å². The molecule has 202 valence electrons. The summed E-state index contributed by atoms with van der Waals surface area (Å²) >= 11 is 1.50. The standard InChI is InChI=1S/C26H31N5O6S/c1-16-21(15-38-26-28-29-30-31(26)2)36-25(37-24(16)18-11-9-17(14-32)10-12-18)19-5-3-6-20(13-19)27-22(33)7-4-8-23(34)35/h3,5-6,9-13,16,21,24-25,32H,4,7-8,14-15H2,1-2H3,(H,27,33)(H,34,35). The molecule has 2 heterocycles. The lowest BCUT2D eigenvalue weighted by atomic mass is 9.91. The molecule has 1 fully saturated rings. The predicted octanol–water partition coefficient (Wildman–Crippen LogP) is 3.48. The molecular weight excluding hydrogens is 510 g/mol. The van der Waals surface area contributed by atoms with Crippen molar-refractivity contribution >= 4 is 29.3 Å². The van der Waals surface area contributed by atoms with Crippen molar-refractivity contribution in [2.75, 3.05) is 11.1 Å². The normalized spacial score (nSPS) is 21.2. The zero-order valence-corrected chi connectivity index (χ0v) is 22.0. The number of aryl methyl sites for hydroxylation is 1. The fourth-order valence-corrected chi connectivity index (χ4v) is 5.21. The number of hydrogen-bond acceptors (Lipinski definition) is 9. The van der Waals surface area contributed by atoms with Gasteiger partial charge in [-0.25, -0.2) is 4.68 Å². The Morgan fingerprint density at radius 3 is 2.58 bits per heavy atom. The van der Waals surface area contributed by atoms with Crippen LogP contribution in [-0.4, -0.2) is 54.2 Å². The number of tetrazole rings is 1. The molecule has 1 aromatic heterocycles. The average molecular weight is 542 g/mol. The van der Waals surface area contributed by atoms with Crippen LogP contribution < -0.4 is 5.32 Å². The zero-order chi connectivity index (χ0) is 27.1. The van der Waals surface area contributed by atoms with Crippen LogP contribution >= 0.6 is 11.8 Å². The molecule has 0 saturated carbocycles. The smallest absolute Gasteiger partial charge is 0.303 e. The second-order valence-electron chi connectivity index (χ2n) is 9.14. The van der Waals surface area contributed by atoms with Crippen LogP contribution in [0.15, 0.2) is 53.7 Å². The van der Waals surface area contributed by atoms with Crippen LogP contribution in [0.25, 0.3) is 0 Å². The maximum Gasteiger partial charge on any atom is 0.303 e. The first-order chi connectivity index (χ1) is 18.3. The number of aliphatic hydroxyl groups is 1. The fraction of sp³-hybridized carbons (Fsp3) is 0.423. The minimum absolute atomic E-state index is 0.00275. The van der Waals surface area contributed by atoms with Crippen molar-refractivity contribution in [2.45, 2.75) is 56.4 Å². The van der Waals surface area contributed by atoms with Crippen molar-refractivity contribution in [1.82, 2.24) is 20.2 Å². The first kappa shape index (κ1) is 27.7.